The molecule has 1 saturated heterocycles. The molecule has 66 valence electrons. The van der Waals surface area contributed by atoms with Gasteiger partial charge in [-0.1, -0.05) is 5.16 Å². The standard InChI is InChI=1S/C8H12N2O2/c1-6-9-8(12-10-6)5-7-3-2-4-11-7/h7H,2-5H2,1H3. The highest BCUT2D eigenvalue weighted by Crippen LogP contribution is 2.15. The lowest BCUT2D eigenvalue weighted by Gasteiger charge is -2.03. The molecule has 0 aromatic carbocycles. The summed E-state index contributed by atoms with van der Waals surface area (Å²) in [6.07, 6.45) is 3.32. The molecule has 0 saturated carbocycles. The highest BCUT2D eigenvalue weighted by atomic mass is 16.5. The van der Waals surface area contributed by atoms with Crippen molar-refractivity contribution in [2.24, 2.45) is 0 Å². The van der Waals surface area contributed by atoms with Crippen LogP contribution in [-0.2, 0) is 11.2 Å². The molecule has 1 fully saturated rings. The molecule has 1 aromatic rings. The molecule has 0 N–H and O–H groups in total. The maximum Gasteiger partial charge on any atom is 0.229 e. The normalized spacial score (nSPS) is 23.2. The predicted octanol–water partition coefficient (Wildman–Crippen LogP) is 1.10. The molecule has 0 aliphatic carbocycles. The first kappa shape index (κ1) is 7.73. The largest absolute Gasteiger partial charge is 0.378 e. The minimum atomic E-state index is 0.296. The Balaban J connectivity index is 1.94. The fourth-order valence-electron chi connectivity index (χ4n) is 1.42. The summed E-state index contributed by atoms with van der Waals surface area (Å²) in [6, 6.07) is 0. The smallest absolute Gasteiger partial charge is 0.229 e. The van der Waals surface area contributed by atoms with Gasteiger partial charge in [0.25, 0.3) is 0 Å². The van der Waals surface area contributed by atoms with E-state index in [0.29, 0.717) is 17.8 Å². The highest BCUT2D eigenvalue weighted by Gasteiger charge is 2.18. The van der Waals surface area contributed by atoms with Gasteiger partial charge < -0.3 is 9.26 Å². The molecular formula is C8H12N2O2. The third kappa shape index (κ3) is 1.64. The van der Waals surface area contributed by atoms with Crippen molar-refractivity contribution in [2.75, 3.05) is 6.61 Å². The molecular weight excluding hydrogens is 156 g/mol. The Kier molecular flexibility index (Phi) is 2.08. The molecule has 0 bridgehead atoms. The van der Waals surface area contributed by atoms with Crippen LogP contribution in [0.15, 0.2) is 4.52 Å². The first-order valence-electron chi connectivity index (χ1n) is 4.25. The van der Waals surface area contributed by atoms with Gasteiger partial charge in [0.1, 0.15) is 0 Å². The fraction of sp³-hybridized carbons (Fsp3) is 0.750. The Morgan fingerprint density at radius 1 is 1.58 bits per heavy atom. The van der Waals surface area contributed by atoms with E-state index in [1.807, 2.05) is 6.92 Å². The minimum Gasteiger partial charge on any atom is -0.378 e. The SMILES string of the molecule is Cc1noc(CC2CCCO2)n1. The number of hydrogen-bond donors (Lipinski definition) is 0. The number of nitrogens with zero attached hydrogens (tertiary/aromatic N) is 2. The fourth-order valence-corrected chi connectivity index (χ4v) is 1.42. The van der Waals surface area contributed by atoms with E-state index in [2.05, 4.69) is 10.1 Å². The van der Waals surface area contributed by atoms with Crippen LogP contribution in [0.4, 0.5) is 0 Å². The van der Waals surface area contributed by atoms with E-state index in [1.54, 1.807) is 0 Å². The molecule has 4 heteroatoms. The monoisotopic (exact) mass is 168 g/mol. The first-order chi connectivity index (χ1) is 5.84. The summed E-state index contributed by atoms with van der Waals surface area (Å²) in [5.41, 5.74) is 0. The molecule has 4 nitrogen and oxygen atoms in total. The molecule has 2 rings (SSSR count). The van der Waals surface area contributed by atoms with E-state index < -0.39 is 0 Å². The summed E-state index contributed by atoms with van der Waals surface area (Å²) in [5, 5.41) is 3.72. The van der Waals surface area contributed by atoms with Gasteiger partial charge in [0.05, 0.1) is 12.5 Å². The van der Waals surface area contributed by atoms with E-state index in [-0.39, 0.29) is 0 Å². The van der Waals surface area contributed by atoms with Crippen molar-refractivity contribution >= 4 is 0 Å². The molecule has 0 spiro atoms. The van der Waals surface area contributed by atoms with Crippen molar-refractivity contribution in [3.05, 3.63) is 11.7 Å². The van der Waals surface area contributed by atoms with Gasteiger partial charge in [0, 0.05) is 6.61 Å². The van der Waals surface area contributed by atoms with Crippen LogP contribution in [0, 0.1) is 6.92 Å². The molecule has 0 radical (unpaired) electrons. The van der Waals surface area contributed by atoms with Gasteiger partial charge in [-0.05, 0) is 19.8 Å². The summed E-state index contributed by atoms with van der Waals surface area (Å²) in [7, 11) is 0. The molecule has 1 aliphatic heterocycles. The lowest BCUT2D eigenvalue weighted by molar-refractivity contribution is 0.104. The van der Waals surface area contributed by atoms with E-state index in [9.17, 15) is 0 Å². The van der Waals surface area contributed by atoms with Gasteiger partial charge in [0.15, 0.2) is 5.82 Å². The average Bonchev–Trinajstić information content (AvgIpc) is 2.63. The topological polar surface area (TPSA) is 48.2 Å². The van der Waals surface area contributed by atoms with Gasteiger partial charge in [-0.2, -0.15) is 4.98 Å². The van der Waals surface area contributed by atoms with Crippen LogP contribution in [0.25, 0.3) is 0 Å². The van der Waals surface area contributed by atoms with Crippen LogP contribution in [0.1, 0.15) is 24.6 Å². The van der Waals surface area contributed by atoms with Gasteiger partial charge in [-0.25, -0.2) is 0 Å². The van der Waals surface area contributed by atoms with E-state index in [0.717, 1.165) is 25.9 Å². The summed E-state index contributed by atoms with van der Waals surface area (Å²) in [6.45, 7) is 2.69. The lowest BCUT2D eigenvalue weighted by atomic mass is 10.2. The first-order valence-corrected chi connectivity index (χ1v) is 4.25. The summed E-state index contributed by atoms with van der Waals surface area (Å²) < 4.78 is 10.4. The molecule has 1 aromatic heterocycles. The Bertz CT molecular complexity index is 253. The zero-order valence-corrected chi connectivity index (χ0v) is 7.12. The Labute approximate surface area is 70.9 Å². The predicted molar refractivity (Wildman–Crippen MR) is 41.7 cm³/mol. The van der Waals surface area contributed by atoms with Crippen molar-refractivity contribution in [3.63, 3.8) is 0 Å². The quantitative estimate of drug-likeness (QED) is 0.663. The van der Waals surface area contributed by atoms with Crippen molar-refractivity contribution in [2.45, 2.75) is 32.3 Å². The van der Waals surface area contributed by atoms with Crippen LogP contribution in [0.5, 0.6) is 0 Å². The molecule has 12 heavy (non-hydrogen) atoms. The molecule has 0 amide bonds. The number of hydrogen-bond acceptors (Lipinski definition) is 4. The van der Waals surface area contributed by atoms with Crippen molar-refractivity contribution in [1.82, 2.24) is 10.1 Å². The summed E-state index contributed by atoms with van der Waals surface area (Å²) >= 11 is 0. The summed E-state index contributed by atoms with van der Waals surface area (Å²) in [5.74, 6) is 1.39. The number of ether oxygens (including phenoxy) is 1. The Morgan fingerprint density at radius 3 is 3.08 bits per heavy atom. The maximum atomic E-state index is 5.44. The molecule has 2 heterocycles. The van der Waals surface area contributed by atoms with Crippen molar-refractivity contribution < 1.29 is 9.26 Å². The lowest BCUT2D eigenvalue weighted by Crippen LogP contribution is -2.08. The van der Waals surface area contributed by atoms with Gasteiger partial charge >= 0.3 is 0 Å². The second-order valence-corrected chi connectivity index (χ2v) is 3.07. The Morgan fingerprint density at radius 2 is 2.50 bits per heavy atom. The van der Waals surface area contributed by atoms with E-state index >= 15 is 0 Å². The maximum absolute atomic E-state index is 5.44. The van der Waals surface area contributed by atoms with Crippen LogP contribution in [0.3, 0.4) is 0 Å². The van der Waals surface area contributed by atoms with Crippen molar-refractivity contribution in [1.29, 1.82) is 0 Å². The number of rotatable bonds is 2. The van der Waals surface area contributed by atoms with Crippen molar-refractivity contribution in [3.8, 4) is 0 Å². The summed E-state index contributed by atoms with van der Waals surface area (Å²) in [4.78, 5) is 4.12. The average molecular weight is 168 g/mol. The minimum absolute atomic E-state index is 0.296. The second kappa shape index (κ2) is 3.23. The highest BCUT2D eigenvalue weighted by molar-refractivity contribution is 4.86. The molecule has 1 atom stereocenters. The van der Waals surface area contributed by atoms with Crippen LogP contribution in [-0.4, -0.2) is 22.9 Å². The van der Waals surface area contributed by atoms with E-state index in [1.165, 1.54) is 0 Å². The van der Waals surface area contributed by atoms with E-state index in [4.69, 9.17) is 9.26 Å². The zero-order chi connectivity index (χ0) is 8.39. The zero-order valence-electron chi connectivity index (χ0n) is 7.12. The Hall–Kier alpha value is -0.900. The molecule has 1 unspecified atom stereocenters. The van der Waals surface area contributed by atoms with Crippen LogP contribution >= 0.6 is 0 Å². The molecule has 1 aliphatic rings. The van der Waals surface area contributed by atoms with Gasteiger partial charge in [-0.3, -0.25) is 0 Å². The van der Waals surface area contributed by atoms with Gasteiger partial charge in [-0.15, -0.1) is 0 Å². The number of aromatic nitrogens is 2. The number of aryl methyl sites for hydroxylation is 1. The van der Waals surface area contributed by atoms with Crippen LogP contribution in [0.2, 0.25) is 0 Å². The van der Waals surface area contributed by atoms with Gasteiger partial charge in [0.2, 0.25) is 5.89 Å². The van der Waals surface area contributed by atoms with Crippen LogP contribution < -0.4 is 0 Å². The second-order valence-electron chi connectivity index (χ2n) is 3.07. The third-order valence-corrected chi connectivity index (χ3v) is 2.00. The third-order valence-electron chi connectivity index (χ3n) is 2.00.